The molecule has 0 aromatic carbocycles. The summed E-state index contributed by atoms with van der Waals surface area (Å²) < 4.78 is -0.869. The molecule has 2 rings (SSSR count). The molecular weight excluding hydrogens is 302 g/mol. The Morgan fingerprint density at radius 2 is 1.14 bits per heavy atom. The summed E-state index contributed by atoms with van der Waals surface area (Å²) in [5.74, 6) is 3.00. The Labute approximate surface area is 112 Å². The fraction of sp³-hybridized carbons (Fsp3) is 1.00. The van der Waals surface area contributed by atoms with Crippen molar-refractivity contribution >= 4 is 68.0 Å². The third-order valence-electron chi connectivity index (χ3n) is 2.53. The topological polar surface area (TPSA) is 0 Å². The predicted octanol–water partition coefficient (Wildman–Crippen LogP) is 4.76. The van der Waals surface area contributed by atoms with Crippen molar-refractivity contribution in [3.8, 4) is 0 Å². The van der Waals surface area contributed by atoms with Gasteiger partial charge in [-0.05, 0) is 12.8 Å². The third kappa shape index (κ3) is 3.18. The van der Waals surface area contributed by atoms with Crippen LogP contribution >= 0.6 is 68.0 Å². The molecule has 0 aliphatic heterocycles. The van der Waals surface area contributed by atoms with Crippen LogP contribution < -0.4 is 0 Å². The molecule has 2 fully saturated rings. The Morgan fingerprint density at radius 3 is 1.36 bits per heavy atom. The average molecular weight is 312 g/mol. The summed E-state index contributed by atoms with van der Waals surface area (Å²) in [6, 6.07) is 0. The maximum Gasteiger partial charge on any atom is 0.122 e. The molecule has 2 aliphatic rings. The second-order valence-electron chi connectivity index (χ2n) is 3.89. The smallest absolute Gasteiger partial charge is 0.101 e. The van der Waals surface area contributed by atoms with E-state index in [2.05, 4.69) is 0 Å². The van der Waals surface area contributed by atoms with Crippen molar-refractivity contribution in [2.24, 2.45) is 11.8 Å². The Morgan fingerprint density at radius 1 is 0.857 bits per heavy atom. The monoisotopic (exact) mass is 310 g/mol. The SMILES string of the molecule is ClC1(Cl)C[C@@H]1CSSC[C@H]1CC1(Cl)Cl. The summed E-state index contributed by atoms with van der Waals surface area (Å²) in [5, 5.41) is 0. The number of hydrogen-bond donors (Lipinski definition) is 0. The minimum atomic E-state index is -0.435. The van der Waals surface area contributed by atoms with Gasteiger partial charge in [-0.2, -0.15) is 0 Å². The van der Waals surface area contributed by atoms with Crippen LogP contribution in [-0.4, -0.2) is 20.2 Å². The van der Waals surface area contributed by atoms with E-state index in [1.165, 1.54) is 0 Å². The fourth-order valence-electron chi connectivity index (χ4n) is 1.16. The molecule has 0 N–H and O–H groups in total. The van der Waals surface area contributed by atoms with Crippen LogP contribution in [0.2, 0.25) is 0 Å². The first-order chi connectivity index (χ1) is 6.42. The Balaban J connectivity index is 1.49. The summed E-state index contributed by atoms with van der Waals surface area (Å²) >= 11 is 23.6. The summed E-state index contributed by atoms with van der Waals surface area (Å²) in [5.41, 5.74) is 0. The molecule has 0 aromatic rings. The first kappa shape index (κ1) is 12.3. The lowest BCUT2D eigenvalue weighted by Gasteiger charge is -2.01. The van der Waals surface area contributed by atoms with Crippen LogP contribution in [-0.2, 0) is 0 Å². The van der Waals surface area contributed by atoms with Gasteiger partial charge in [-0.3, -0.25) is 0 Å². The number of halogens is 4. The standard InChI is InChI=1S/C8H10Cl4S2/c9-7(10)1-5(7)3-13-14-4-6-2-8(6,11)12/h5-6H,1-4H2/t5-,6-/m1/s1. The maximum absolute atomic E-state index is 5.91. The molecule has 0 unspecified atom stereocenters. The minimum Gasteiger partial charge on any atom is -0.101 e. The van der Waals surface area contributed by atoms with Gasteiger partial charge in [-0.15, -0.1) is 46.4 Å². The molecule has 0 heterocycles. The zero-order valence-corrected chi connectivity index (χ0v) is 12.0. The van der Waals surface area contributed by atoms with Gasteiger partial charge in [-0.1, -0.05) is 21.6 Å². The highest BCUT2D eigenvalue weighted by Crippen LogP contribution is 2.57. The highest BCUT2D eigenvalue weighted by molar-refractivity contribution is 8.76. The molecule has 0 nitrogen and oxygen atoms in total. The molecule has 0 aromatic heterocycles. The van der Waals surface area contributed by atoms with Gasteiger partial charge < -0.3 is 0 Å². The van der Waals surface area contributed by atoms with Crippen LogP contribution in [0.1, 0.15) is 12.8 Å². The molecule has 6 heteroatoms. The van der Waals surface area contributed by atoms with Crippen molar-refractivity contribution in [1.29, 1.82) is 0 Å². The van der Waals surface area contributed by atoms with E-state index in [0.29, 0.717) is 11.8 Å². The summed E-state index contributed by atoms with van der Waals surface area (Å²) in [6.07, 6.45) is 1.87. The first-order valence-electron chi connectivity index (χ1n) is 4.42. The zero-order chi connectivity index (χ0) is 10.4. The van der Waals surface area contributed by atoms with E-state index >= 15 is 0 Å². The van der Waals surface area contributed by atoms with Crippen LogP contribution in [0.5, 0.6) is 0 Å². The highest BCUT2D eigenvalue weighted by atomic mass is 35.5. The molecule has 0 spiro atoms. The van der Waals surface area contributed by atoms with Crippen molar-refractivity contribution in [3.63, 3.8) is 0 Å². The average Bonchev–Trinajstić information content (AvgIpc) is 2.84. The molecule has 2 saturated carbocycles. The van der Waals surface area contributed by atoms with Crippen molar-refractivity contribution in [2.45, 2.75) is 21.5 Å². The van der Waals surface area contributed by atoms with Crippen LogP contribution in [0.25, 0.3) is 0 Å². The Kier molecular flexibility index (Phi) is 3.76. The van der Waals surface area contributed by atoms with Crippen LogP contribution in [0.3, 0.4) is 0 Å². The van der Waals surface area contributed by atoms with Crippen molar-refractivity contribution < 1.29 is 0 Å². The molecule has 82 valence electrons. The van der Waals surface area contributed by atoms with Crippen LogP contribution in [0, 0.1) is 11.8 Å². The zero-order valence-electron chi connectivity index (χ0n) is 7.31. The summed E-state index contributed by atoms with van der Waals surface area (Å²) in [7, 11) is 3.65. The number of hydrogen-bond acceptors (Lipinski definition) is 2. The lowest BCUT2D eigenvalue weighted by Crippen LogP contribution is -1.94. The van der Waals surface area contributed by atoms with Gasteiger partial charge in [0.1, 0.15) is 8.67 Å². The van der Waals surface area contributed by atoms with E-state index in [1.54, 1.807) is 0 Å². The highest BCUT2D eigenvalue weighted by Gasteiger charge is 2.52. The largest absolute Gasteiger partial charge is 0.122 e. The minimum absolute atomic E-state index is 0.435. The Bertz CT molecular complexity index is 207. The fourth-order valence-corrected chi connectivity index (χ4v) is 5.47. The van der Waals surface area contributed by atoms with Gasteiger partial charge >= 0.3 is 0 Å². The second-order valence-corrected chi connectivity index (χ2v) is 9.53. The van der Waals surface area contributed by atoms with E-state index in [9.17, 15) is 0 Å². The molecular formula is C8H10Cl4S2. The van der Waals surface area contributed by atoms with Crippen LogP contribution in [0.15, 0.2) is 0 Å². The molecule has 2 atom stereocenters. The van der Waals surface area contributed by atoms with Gasteiger partial charge in [0.2, 0.25) is 0 Å². The van der Waals surface area contributed by atoms with Gasteiger partial charge in [0.25, 0.3) is 0 Å². The lowest BCUT2D eigenvalue weighted by molar-refractivity contribution is 0.979. The van der Waals surface area contributed by atoms with E-state index < -0.39 is 8.67 Å². The normalized spacial score (nSPS) is 36.9. The van der Waals surface area contributed by atoms with E-state index in [4.69, 9.17) is 46.4 Å². The first-order valence-corrected chi connectivity index (χ1v) is 8.42. The van der Waals surface area contributed by atoms with Crippen molar-refractivity contribution in [1.82, 2.24) is 0 Å². The molecule has 14 heavy (non-hydrogen) atoms. The molecule has 0 saturated heterocycles. The molecule has 0 bridgehead atoms. The molecule has 0 amide bonds. The van der Waals surface area contributed by atoms with Gasteiger partial charge in [0, 0.05) is 23.3 Å². The lowest BCUT2D eigenvalue weighted by atomic mass is 10.5. The van der Waals surface area contributed by atoms with Gasteiger partial charge in [0.15, 0.2) is 0 Å². The van der Waals surface area contributed by atoms with E-state index in [1.807, 2.05) is 21.6 Å². The summed E-state index contributed by atoms with van der Waals surface area (Å²) in [4.78, 5) is 0. The number of rotatable bonds is 5. The third-order valence-corrected chi connectivity index (χ3v) is 6.94. The van der Waals surface area contributed by atoms with Gasteiger partial charge in [0.05, 0.1) is 0 Å². The summed E-state index contributed by atoms with van der Waals surface area (Å²) in [6.45, 7) is 0. The molecule has 2 aliphatic carbocycles. The van der Waals surface area contributed by atoms with E-state index in [-0.39, 0.29) is 0 Å². The Hall–Kier alpha value is 1.86. The number of alkyl halides is 4. The molecule has 0 radical (unpaired) electrons. The maximum atomic E-state index is 5.91. The quantitative estimate of drug-likeness (QED) is 0.408. The van der Waals surface area contributed by atoms with Crippen molar-refractivity contribution in [3.05, 3.63) is 0 Å². The van der Waals surface area contributed by atoms with Gasteiger partial charge in [-0.25, -0.2) is 0 Å². The predicted molar refractivity (Wildman–Crippen MR) is 70.0 cm³/mol. The second kappa shape index (κ2) is 4.27. The van der Waals surface area contributed by atoms with Crippen molar-refractivity contribution in [2.75, 3.05) is 11.5 Å². The van der Waals surface area contributed by atoms with E-state index in [0.717, 1.165) is 24.3 Å². The van der Waals surface area contributed by atoms with Crippen LogP contribution in [0.4, 0.5) is 0 Å².